The molecule has 0 aliphatic heterocycles. The molecule has 0 spiro atoms. The van der Waals surface area contributed by atoms with Crippen LogP contribution in [0.2, 0.25) is 0 Å². The minimum atomic E-state index is -4.59. The van der Waals surface area contributed by atoms with Crippen molar-refractivity contribution in [1.82, 2.24) is 10.7 Å². The Balaban J connectivity index is 1.51. The number of benzene rings is 3. The lowest BCUT2D eigenvalue weighted by Gasteiger charge is -2.10. The Morgan fingerprint density at radius 1 is 0.889 bits per heavy atom. The number of nitrogens with one attached hydrogen (secondary N) is 3. The Morgan fingerprint density at radius 2 is 1.61 bits per heavy atom. The van der Waals surface area contributed by atoms with E-state index in [1.807, 2.05) is 35.8 Å². The minimum Gasteiger partial charge on any atom is -0.483 e. The first-order chi connectivity index (χ1) is 17.2. The molecule has 0 saturated carbocycles. The van der Waals surface area contributed by atoms with E-state index in [1.54, 1.807) is 24.3 Å². The summed E-state index contributed by atoms with van der Waals surface area (Å²) in [5.41, 5.74) is 2.17. The maximum absolute atomic E-state index is 12.8. The van der Waals surface area contributed by atoms with Crippen LogP contribution in [0, 0.1) is 0 Å². The fraction of sp³-hybridized carbons (Fsp3) is 0.120. The van der Waals surface area contributed by atoms with E-state index in [-0.39, 0.29) is 18.2 Å². The van der Waals surface area contributed by atoms with Crippen LogP contribution in [0.3, 0.4) is 0 Å². The number of carbonyl (C=O) groups is 3. The lowest BCUT2D eigenvalue weighted by Crippen LogP contribution is -2.32. The maximum Gasteiger partial charge on any atom is 0.416 e. The van der Waals surface area contributed by atoms with E-state index >= 15 is 0 Å². The standard InChI is InChI=1S/C25H21F3N4O4/c26-25(27,28)19-10-6-11-20(13-19)31-23(34)24(35)32-30-15-18-9-4-5-12-21(18)36-16-22(33)29-14-17-7-2-1-3-8-17/h1-13,15H,14,16H2,(H,29,33)(H,31,34)(H,32,35)/b30-15-. The third kappa shape index (κ3) is 7.97. The SMILES string of the molecule is O=C(COc1ccccc1/C=N\NC(=O)C(=O)Nc1cccc(C(F)(F)F)c1)NCc1ccccc1. The molecular formula is C25H21F3N4O4. The minimum absolute atomic E-state index is 0.196. The van der Waals surface area contributed by atoms with Gasteiger partial charge in [-0.25, -0.2) is 5.43 Å². The number of halogens is 3. The molecule has 3 aromatic carbocycles. The monoisotopic (exact) mass is 498 g/mol. The van der Waals surface area contributed by atoms with E-state index in [0.717, 1.165) is 17.7 Å². The Kier molecular flexibility index (Phi) is 8.76. The highest BCUT2D eigenvalue weighted by Crippen LogP contribution is 2.30. The van der Waals surface area contributed by atoms with Crippen molar-refractivity contribution in [3.05, 3.63) is 95.6 Å². The number of ether oxygens (including phenoxy) is 1. The molecule has 0 aliphatic rings. The number of rotatable bonds is 8. The van der Waals surface area contributed by atoms with Crippen molar-refractivity contribution in [2.24, 2.45) is 5.10 Å². The van der Waals surface area contributed by atoms with Crippen LogP contribution in [-0.2, 0) is 27.1 Å². The average molecular weight is 498 g/mol. The normalized spacial score (nSPS) is 11.1. The Bertz CT molecular complexity index is 1250. The lowest BCUT2D eigenvalue weighted by atomic mass is 10.2. The van der Waals surface area contributed by atoms with E-state index in [9.17, 15) is 27.6 Å². The van der Waals surface area contributed by atoms with Gasteiger partial charge in [-0.2, -0.15) is 18.3 Å². The number of hydrazone groups is 1. The highest BCUT2D eigenvalue weighted by Gasteiger charge is 2.30. The number of amides is 3. The first-order valence-electron chi connectivity index (χ1n) is 10.6. The number of para-hydroxylation sites is 1. The van der Waals surface area contributed by atoms with Crippen LogP contribution < -0.4 is 20.8 Å². The molecule has 186 valence electrons. The Morgan fingerprint density at radius 3 is 2.36 bits per heavy atom. The van der Waals surface area contributed by atoms with Gasteiger partial charge >= 0.3 is 18.0 Å². The summed E-state index contributed by atoms with van der Waals surface area (Å²) in [5.74, 6) is -2.43. The third-order valence-corrected chi connectivity index (χ3v) is 4.63. The third-order valence-electron chi connectivity index (χ3n) is 4.63. The molecule has 11 heteroatoms. The number of carbonyl (C=O) groups excluding carboxylic acids is 3. The second kappa shape index (κ2) is 12.2. The maximum atomic E-state index is 12.8. The molecule has 0 saturated heterocycles. The van der Waals surface area contributed by atoms with E-state index in [0.29, 0.717) is 23.9 Å². The van der Waals surface area contributed by atoms with Gasteiger partial charge in [-0.15, -0.1) is 0 Å². The fourth-order valence-electron chi connectivity index (χ4n) is 2.88. The van der Waals surface area contributed by atoms with Gasteiger partial charge in [0.1, 0.15) is 5.75 Å². The number of hydrogen-bond donors (Lipinski definition) is 3. The van der Waals surface area contributed by atoms with Gasteiger partial charge in [-0.05, 0) is 35.9 Å². The van der Waals surface area contributed by atoms with Crippen LogP contribution >= 0.6 is 0 Å². The number of anilines is 1. The average Bonchev–Trinajstić information content (AvgIpc) is 2.87. The van der Waals surface area contributed by atoms with Gasteiger partial charge in [0, 0.05) is 17.8 Å². The molecule has 3 aromatic rings. The van der Waals surface area contributed by atoms with Crippen molar-refractivity contribution in [3.63, 3.8) is 0 Å². The smallest absolute Gasteiger partial charge is 0.416 e. The summed E-state index contributed by atoms with van der Waals surface area (Å²) in [7, 11) is 0. The second-order valence-electron chi connectivity index (χ2n) is 7.32. The molecule has 0 bridgehead atoms. The van der Waals surface area contributed by atoms with Crippen molar-refractivity contribution in [2.75, 3.05) is 11.9 Å². The summed E-state index contributed by atoms with van der Waals surface area (Å²) in [6.07, 6.45) is -3.39. The topological polar surface area (TPSA) is 109 Å². The van der Waals surface area contributed by atoms with E-state index in [4.69, 9.17) is 4.74 Å². The van der Waals surface area contributed by atoms with Crippen LogP contribution in [-0.4, -0.2) is 30.5 Å². The first kappa shape index (κ1) is 25.9. The molecule has 0 aliphatic carbocycles. The number of hydrogen-bond acceptors (Lipinski definition) is 5. The Hall–Kier alpha value is -4.67. The van der Waals surface area contributed by atoms with Gasteiger partial charge in [-0.1, -0.05) is 48.5 Å². The molecule has 36 heavy (non-hydrogen) atoms. The Labute approximate surface area is 204 Å². The van der Waals surface area contributed by atoms with Gasteiger partial charge in [-0.3, -0.25) is 14.4 Å². The first-order valence-corrected chi connectivity index (χ1v) is 10.6. The number of alkyl halides is 3. The molecule has 0 unspecified atom stereocenters. The molecule has 0 heterocycles. The van der Waals surface area contributed by atoms with Crippen molar-refractivity contribution in [2.45, 2.75) is 12.7 Å². The van der Waals surface area contributed by atoms with Crippen LogP contribution in [0.1, 0.15) is 16.7 Å². The summed E-state index contributed by atoms with van der Waals surface area (Å²) < 4.78 is 43.9. The van der Waals surface area contributed by atoms with Gasteiger partial charge in [0.05, 0.1) is 11.8 Å². The summed E-state index contributed by atoms with van der Waals surface area (Å²) in [6, 6.07) is 19.8. The van der Waals surface area contributed by atoms with Crippen molar-refractivity contribution in [3.8, 4) is 5.75 Å². The molecular weight excluding hydrogens is 477 g/mol. The van der Waals surface area contributed by atoms with E-state index < -0.39 is 23.6 Å². The van der Waals surface area contributed by atoms with Crippen LogP contribution in [0.5, 0.6) is 5.75 Å². The van der Waals surface area contributed by atoms with Gasteiger partial charge < -0.3 is 15.4 Å². The van der Waals surface area contributed by atoms with Gasteiger partial charge in [0.25, 0.3) is 5.91 Å². The van der Waals surface area contributed by atoms with Crippen LogP contribution in [0.25, 0.3) is 0 Å². The van der Waals surface area contributed by atoms with Crippen LogP contribution in [0.15, 0.2) is 84.0 Å². The molecule has 0 fully saturated rings. The zero-order valence-electron chi connectivity index (χ0n) is 18.7. The predicted molar refractivity (Wildman–Crippen MR) is 126 cm³/mol. The number of nitrogens with zero attached hydrogens (tertiary/aromatic N) is 1. The molecule has 8 nitrogen and oxygen atoms in total. The molecule has 0 aromatic heterocycles. The summed E-state index contributed by atoms with van der Waals surface area (Å²) in [5, 5.41) is 8.49. The highest BCUT2D eigenvalue weighted by atomic mass is 19.4. The zero-order chi connectivity index (χ0) is 26.0. The molecule has 0 radical (unpaired) electrons. The van der Waals surface area contributed by atoms with Gasteiger partial charge in [0.2, 0.25) is 0 Å². The van der Waals surface area contributed by atoms with Gasteiger partial charge in [0.15, 0.2) is 6.61 Å². The fourth-order valence-corrected chi connectivity index (χ4v) is 2.88. The predicted octanol–water partition coefficient (Wildman–Crippen LogP) is 3.49. The molecule has 3 N–H and O–H groups in total. The largest absolute Gasteiger partial charge is 0.483 e. The van der Waals surface area contributed by atoms with Crippen molar-refractivity contribution >= 4 is 29.6 Å². The summed E-state index contributed by atoms with van der Waals surface area (Å²) in [6.45, 7) is 0.0875. The summed E-state index contributed by atoms with van der Waals surface area (Å²) >= 11 is 0. The highest BCUT2D eigenvalue weighted by molar-refractivity contribution is 6.39. The van der Waals surface area contributed by atoms with E-state index in [2.05, 4.69) is 15.7 Å². The molecule has 3 rings (SSSR count). The second-order valence-corrected chi connectivity index (χ2v) is 7.32. The zero-order valence-corrected chi connectivity index (χ0v) is 18.7. The molecule has 0 atom stereocenters. The van der Waals surface area contributed by atoms with Crippen molar-refractivity contribution < 1.29 is 32.3 Å². The van der Waals surface area contributed by atoms with E-state index in [1.165, 1.54) is 12.3 Å². The van der Waals surface area contributed by atoms with Crippen molar-refractivity contribution in [1.29, 1.82) is 0 Å². The summed E-state index contributed by atoms with van der Waals surface area (Å²) in [4.78, 5) is 36.0. The van der Waals surface area contributed by atoms with Crippen LogP contribution in [0.4, 0.5) is 18.9 Å². The quantitative estimate of drug-likeness (QED) is 0.251. The lowest BCUT2D eigenvalue weighted by molar-refractivity contribution is -0.137. The molecule has 3 amide bonds.